The lowest BCUT2D eigenvalue weighted by molar-refractivity contribution is -0.307. The molecule has 0 bridgehead atoms. The van der Waals surface area contributed by atoms with E-state index in [1.54, 1.807) is 17.8 Å². The molecule has 76 valence electrons. The molecule has 0 saturated heterocycles. The summed E-state index contributed by atoms with van der Waals surface area (Å²) in [6, 6.07) is 5.47. The van der Waals surface area contributed by atoms with Crippen molar-refractivity contribution in [1.82, 2.24) is 0 Å². The third kappa shape index (κ3) is 2.96. The van der Waals surface area contributed by atoms with Crippen LogP contribution in [0, 0.1) is 6.92 Å². The van der Waals surface area contributed by atoms with Crippen molar-refractivity contribution < 1.29 is 14.6 Å². The first-order valence-electron chi connectivity index (χ1n) is 4.11. The summed E-state index contributed by atoms with van der Waals surface area (Å²) < 4.78 is 4.98. The van der Waals surface area contributed by atoms with E-state index in [1.165, 1.54) is 0 Å². The van der Waals surface area contributed by atoms with Gasteiger partial charge < -0.3 is 14.6 Å². The zero-order chi connectivity index (χ0) is 10.6. The Morgan fingerprint density at radius 1 is 1.57 bits per heavy atom. The number of ether oxygens (including phenoxy) is 1. The highest BCUT2D eigenvalue weighted by Crippen LogP contribution is 2.23. The molecule has 0 heterocycles. The number of aliphatic carboxylic acids is 1. The molecule has 0 atom stereocenters. The average Bonchev–Trinajstić information content (AvgIpc) is 2.15. The van der Waals surface area contributed by atoms with Crippen molar-refractivity contribution in [2.45, 2.75) is 11.8 Å². The fourth-order valence-corrected chi connectivity index (χ4v) is 1.67. The maximum atomic E-state index is 10.1. The number of carbonyl (C=O) groups excluding carboxylic acids is 1. The lowest BCUT2D eigenvalue weighted by Crippen LogP contribution is -2.28. The van der Waals surface area contributed by atoms with Gasteiger partial charge in [0, 0.05) is 4.90 Å². The monoisotopic (exact) mass is 211 g/mol. The Hall–Kier alpha value is -1.16. The number of hydrogen-bond donors (Lipinski definition) is 0. The third-order valence-corrected chi connectivity index (χ3v) is 2.62. The number of carboxylic acid groups (broad SMARTS) is 1. The van der Waals surface area contributed by atoms with Gasteiger partial charge >= 0.3 is 0 Å². The van der Waals surface area contributed by atoms with Crippen LogP contribution in [-0.4, -0.2) is 18.8 Å². The number of aryl methyl sites for hydroxylation is 1. The van der Waals surface area contributed by atoms with Crippen molar-refractivity contribution in [3.63, 3.8) is 0 Å². The molecule has 3 nitrogen and oxygen atoms in total. The summed E-state index contributed by atoms with van der Waals surface area (Å²) in [5, 5.41) is 10.1. The van der Waals surface area contributed by atoms with Crippen molar-refractivity contribution in [3.8, 4) is 5.75 Å². The Bertz CT molecular complexity index is 336. The van der Waals surface area contributed by atoms with Crippen LogP contribution in [-0.2, 0) is 4.79 Å². The molecule has 4 heteroatoms. The quantitative estimate of drug-likeness (QED) is 0.693. The highest BCUT2D eigenvalue weighted by Gasteiger charge is 1.99. The topological polar surface area (TPSA) is 49.4 Å². The van der Waals surface area contributed by atoms with Crippen LogP contribution in [0.1, 0.15) is 5.56 Å². The first-order valence-corrected chi connectivity index (χ1v) is 5.33. The Morgan fingerprint density at radius 2 is 2.29 bits per heavy atom. The fraction of sp³-hybridized carbons (Fsp3) is 0.300. The molecule has 0 spiro atoms. The molecule has 0 N–H and O–H groups in total. The molecule has 1 aromatic carbocycles. The van der Waals surface area contributed by atoms with Crippen molar-refractivity contribution in [2.24, 2.45) is 0 Å². The molecular formula is C10H11O3S-. The summed E-state index contributed by atoms with van der Waals surface area (Å²) in [4.78, 5) is 11.3. The van der Waals surface area contributed by atoms with Gasteiger partial charge in [0.05, 0.1) is 5.97 Å². The zero-order valence-corrected chi connectivity index (χ0v) is 8.89. The maximum absolute atomic E-state index is 10.1. The number of thioether (sulfide) groups is 1. The second-order valence-corrected chi connectivity index (χ2v) is 3.64. The van der Waals surface area contributed by atoms with E-state index in [0.717, 1.165) is 10.5 Å². The Kier molecular flexibility index (Phi) is 3.83. The van der Waals surface area contributed by atoms with Gasteiger partial charge in [-0.2, -0.15) is 0 Å². The SMILES string of the molecule is CSc1ccc(OCC(=O)[O-])cc1C. The number of rotatable bonds is 4. The second-order valence-electron chi connectivity index (χ2n) is 2.79. The van der Waals surface area contributed by atoms with Gasteiger partial charge in [-0.25, -0.2) is 0 Å². The fourth-order valence-electron chi connectivity index (χ4n) is 1.08. The molecule has 0 unspecified atom stereocenters. The first-order chi connectivity index (χ1) is 6.63. The summed E-state index contributed by atoms with van der Waals surface area (Å²) in [6.07, 6.45) is 1.99. The van der Waals surface area contributed by atoms with Crippen molar-refractivity contribution in [1.29, 1.82) is 0 Å². The molecule has 0 aliphatic rings. The lowest BCUT2D eigenvalue weighted by atomic mass is 10.2. The van der Waals surface area contributed by atoms with E-state index >= 15 is 0 Å². The molecule has 0 radical (unpaired) electrons. The van der Waals surface area contributed by atoms with Crippen LogP contribution in [0.25, 0.3) is 0 Å². The van der Waals surface area contributed by atoms with E-state index in [2.05, 4.69) is 0 Å². The van der Waals surface area contributed by atoms with Gasteiger partial charge in [0.1, 0.15) is 12.4 Å². The van der Waals surface area contributed by atoms with Crippen LogP contribution in [0.15, 0.2) is 23.1 Å². The molecule has 0 saturated carbocycles. The Balaban J connectivity index is 2.71. The van der Waals surface area contributed by atoms with Crippen LogP contribution in [0.4, 0.5) is 0 Å². The summed E-state index contributed by atoms with van der Waals surface area (Å²) >= 11 is 1.64. The highest BCUT2D eigenvalue weighted by atomic mass is 32.2. The normalized spacial score (nSPS) is 9.86. The van der Waals surface area contributed by atoms with Gasteiger partial charge in [-0.05, 0) is 36.9 Å². The van der Waals surface area contributed by atoms with Gasteiger partial charge in [0.2, 0.25) is 0 Å². The van der Waals surface area contributed by atoms with Crippen LogP contribution < -0.4 is 9.84 Å². The number of carbonyl (C=O) groups is 1. The molecule has 1 aromatic rings. The zero-order valence-electron chi connectivity index (χ0n) is 8.07. The average molecular weight is 211 g/mol. The summed E-state index contributed by atoms with van der Waals surface area (Å²) in [5.74, 6) is -0.652. The molecule has 0 aliphatic heterocycles. The molecule has 0 aromatic heterocycles. The van der Waals surface area contributed by atoms with Crippen molar-refractivity contribution in [2.75, 3.05) is 12.9 Å². The number of benzene rings is 1. The minimum atomic E-state index is -1.21. The molecule has 1 rings (SSSR count). The van der Waals surface area contributed by atoms with E-state index in [4.69, 9.17) is 4.74 Å². The third-order valence-electron chi connectivity index (χ3n) is 1.72. The van der Waals surface area contributed by atoms with Crippen molar-refractivity contribution in [3.05, 3.63) is 23.8 Å². The van der Waals surface area contributed by atoms with Crippen LogP contribution >= 0.6 is 11.8 Å². The first kappa shape index (κ1) is 10.9. The number of carboxylic acids is 1. The Morgan fingerprint density at radius 3 is 2.79 bits per heavy atom. The summed E-state index contributed by atoms with van der Waals surface area (Å²) in [7, 11) is 0. The maximum Gasteiger partial charge on any atom is 0.128 e. The molecule has 14 heavy (non-hydrogen) atoms. The van der Waals surface area contributed by atoms with Gasteiger partial charge in [-0.1, -0.05) is 0 Å². The summed E-state index contributed by atoms with van der Waals surface area (Å²) in [5.41, 5.74) is 1.08. The van der Waals surface area contributed by atoms with Gasteiger partial charge in [-0.15, -0.1) is 11.8 Å². The van der Waals surface area contributed by atoms with Crippen LogP contribution in [0.2, 0.25) is 0 Å². The number of hydrogen-bond acceptors (Lipinski definition) is 4. The largest absolute Gasteiger partial charge is 0.546 e. The standard InChI is InChI=1S/C10H12O3S/c1-7-5-8(13-6-10(11)12)3-4-9(7)14-2/h3-5H,6H2,1-2H3,(H,11,12)/p-1. The van der Waals surface area contributed by atoms with Crippen LogP contribution in [0.3, 0.4) is 0 Å². The van der Waals surface area contributed by atoms with Crippen molar-refractivity contribution >= 4 is 17.7 Å². The molecule has 0 aliphatic carbocycles. The minimum Gasteiger partial charge on any atom is -0.546 e. The van der Waals surface area contributed by atoms with Gasteiger partial charge in [0.15, 0.2) is 0 Å². The van der Waals surface area contributed by atoms with Crippen LogP contribution in [0.5, 0.6) is 5.75 Å². The highest BCUT2D eigenvalue weighted by molar-refractivity contribution is 7.98. The van der Waals surface area contributed by atoms with Gasteiger partial charge in [0.25, 0.3) is 0 Å². The molecule has 0 amide bonds. The smallest absolute Gasteiger partial charge is 0.128 e. The predicted molar refractivity (Wildman–Crippen MR) is 53.5 cm³/mol. The van der Waals surface area contributed by atoms with Gasteiger partial charge in [-0.3, -0.25) is 0 Å². The van der Waals surface area contributed by atoms with E-state index in [1.807, 2.05) is 25.3 Å². The molecular weight excluding hydrogens is 200 g/mol. The molecule has 0 fully saturated rings. The lowest BCUT2D eigenvalue weighted by Gasteiger charge is -2.09. The predicted octanol–water partition coefficient (Wildman–Crippen LogP) is 0.846. The van der Waals surface area contributed by atoms with E-state index < -0.39 is 12.6 Å². The summed E-state index contributed by atoms with van der Waals surface area (Å²) in [6.45, 7) is 1.55. The van der Waals surface area contributed by atoms with E-state index in [9.17, 15) is 9.90 Å². The minimum absolute atomic E-state index is 0.405. The van der Waals surface area contributed by atoms with E-state index in [-0.39, 0.29) is 0 Å². The van der Waals surface area contributed by atoms with E-state index in [0.29, 0.717) is 5.75 Å². The Labute approximate surface area is 87.1 Å². The second kappa shape index (κ2) is 4.91.